The van der Waals surface area contributed by atoms with E-state index >= 15 is 0 Å². The Labute approximate surface area is 124 Å². The Kier molecular flexibility index (Phi) is 4.20. The average Bonchev–Trinajstić information content (AvgIpc) is 2.47. The largest absolute Gasteiger partial charge is 0.381 e. The second-order valence-corrected chi connectivity index (χ2v) is 5.73. The maximum absolute atomic E-state index is 12.1. The van der Waals surface area contributed by atoms with E-state index in [2.05, 4.69) is 10.6 Å². The van der Waals surface area contributed by atoms with E-state index in [-0.39, 0.29) is 11.8 Å². The molecule has 2 N–H and O–H groups in total. The summed E-state index contributed by atoms with van der Waals surface area (Å²) in [7, 11) is 0. The highest BCUT2D eigenvalue weighted by molar-refractivity contribution is 5.96. The zero-order chi connectivity index (χ0) is 14.7. The Hall–Kier alpha value is -1.88. The molecule has 1 aromatic carbocycles. The number of anilines is 2. The lowest BCUT2D eigenvalue weighted by molar-refractivity contribution is -0.118. The average molecular weight is 288 g/mol. The number of hydrogen-bond donors (Lipinski definition) is 2. The molecule has 0 bridgehead atoms. The molecule has 1 fully saturated rings. The van der Waals surface area contributed by atoms with Crippen LogP contribution in [-0.4, -0.2) is 25.0 Å². The molecular weight excluding hydrogens is 268 g/mol. The SMILES string of the molecule is O=C(CC1CCOCC1)Nc1ccc2c(c1)NC(=O)CC2. The molecule has 5 nitrogen and oxygen atoms in total. The number of benzene rings is 1. The summed E-state index contributed by atoms with van der Waals surface area (Å²) in [5, 5.41) is 5.77. The fourth-order valence-corrected chi connectivity index (χ4v) is 2.87. The number of amides is 2. The van der Waals surface area contributed by atoms with Crippen LogP contribution >= 0.6 is 0 Å². The molecular formula is C16H20N2O3. The zero-order valence-corrected chi connectivity index (χ0v) is 12.0. The second-order valence-electron chi connectivity index (χ2n) is 5.73. The van der Waals surface area contributed by atoms with Crippen LogP contribution in [0.15, 0.2) is 18.2 Å². The second kappa shape index (κ2) is 6.26. The lowest BCUT2D eigenvalue weighted by atomic mass is 9.96. The van der Waals surface area contributed by atoms with Crippen LogP contribution in [0, 0.1) is 5.92 Å². The molecule has 2 aliphatic rings. The summed E-state index contributed by atoms with van der Waals surface area (Å²) in [6, 6.07) is 5.71. The quantitative estimate of drug-likeness (QED) is 0.897. The summed E-state index contributed by atoms with van der Waals surface area (Å²) in [6.07, 6.45) is 3.73. The van der Waals surface area contributed by atoms with Gasteiger partial charge in [0.2, 0.25) is 11.8 Å². The highest BCUT2D eigenvalue weighted by Gasteiger charge is 2.18. The topological polar surface area (TPSA) is 67.4 Å². The molecule has 0 saturated carbocycles. The maximum Gasteiger partial charge on any atom is 0.224 e. The number of rotatable bonds is 3. The predicted molar refractivity (Wildman–Crippen MR) is 80.2 cm³/mol. The van der Waals surface area contributed by atoms with Gasteiger partial charge in [0.05, 0.1) is 0 Å². The minimum Gasteiger partial charge on any atom is -0.381 e. The summed E-state index contributed by atoms with van der Waals surface area (Å²) in [5.41, 5.74) is 2.68. The zero-order valence-electron chi connectivity index (χ0n) is 12.0. The van der Waals surface area contributed by atoms with Gasteiger partial charge in [-0.2, -0.15) is 0 Å². The third kappa shape index (κ3) is 3.61. The number of aryl methyl sites for hydroxylation is 1. The standard InChI is InChI=1S/C16H20N2O3/c19-15-4-2-12-1-3-13(10-14(12)18-15)17-16(20)9-11-5-7-21-8-6-11/h1,3,10-11H,2,4-9H2,(H,17,20)(H,18,19). The smallest absolute Gasteiger partial charge is 0.224 e. The monoisotopic (exact) mass is 288 g/mol. The van der Waals surface area contributed by atoms with Gasteiger partial charge in [-0.05, 0) is 42.9 Å². The van der Waals surface area contributed by atoms with E-state index in [9.17, 15) is 9.59 Å². The summed E-state index contributed by atoms with van der Waals surface area (Å²) in [5.74, 6) is 0.480. The van der Waals surface area contributed by atoms with Gasteiger partial charge in [0.25, 0.3) is 0 Å². The fraction of sp³-hybridized carbons (Fsp3) is 0.500. The van der Waals surface area contributed by atoms with Gasteiger partial charge in [-0.15, -0.1) is 0 Å². The van der Waals surface area contributed by atoms with Crippen molar-refractivity contribution in [1.82, 2.24) is 0 Å². The molecule has 5 heteroatoms. The third-order valence-electron chi connectivity index (χ3n) is 4.10. The predicted octanol–water partition coefficient (Wildman–Crippen LogP) is 2.33. The van der Waals surface area contributed by atoms with E-state index in [0.29, 0.717) is 18.8 Å². The highest BCUT2D eigenvalue weighted by Crippen LogP contribution is 2.26. The molecule has 0 unspecified atom stereocenters. The van der Waals surface area contributed by atoms with Gasteiger partial charge < -0.3 is 15.4 Å². The normalized spacial score (nSPS) is 18.8. The van der Waals surface area contributed by atoms with Crippen molar-refractivity contribution in [2.24, 2.45) is 5.92 Å². The van der Waals surface area contributed by atoms with E-state index in [1.165, 1.54) is 0 Å². The summed E-state index contributed by atoms with van der Waals surface area (Å²) >= 11 is 0. The molecule has 0 spiro atoms. The van der Waals surface area contributed by atoms with E-state index in [4.69, 9.17) is 4.74 Å². The maximum atomic E-state index is 12.1. The Morgan fingerprint density at radius 1 is 1.29 bits per heavy atom. The molecule has 2 heterocycles. The van der Waals surface area contributed by atoms with Crippen LogP contribution in [0.2, 0.25) is 0 Å². The van der Waals surface area contributed by atoms with Crippen LogP contribution in [0.3, 0.4) is 0 Å². The molecule has 1 aromatic rings. The molecule has 0 aliphatic carbocycles. The first-order chi connectivity index (χ1) is 10.2. The van der Waals surface area contributed by atoms with Gasteiger partial charge in [0, 0.05) is 37.4 Å². The van der Waals surface area contributed by atoms with Crippen molar-refractivity contribution in [3.63, 3.8) is 0 Å². The first-order valence-corrected chi connectivity index (χ1v) is 7.51. The lowest BCUT2D eigenvalue weighted by Crippen LogP contribution is -2.22. The van der Waals surface area contributed by atoms with Gasteiger partial charge in [0.15, 0.2) is 0 Å². The van der Waals surface area contributed by atoms with Crippen molar-refractivity contribution in [2.45, 2.75) is 32.1 Å². The van der Waals surface area contributed by atoms with Gasteiger partial charge in [0.1, 0.15) is 0 Å². The first kappa shape index (κ1) is 14.1. The molecule has 0 atom stereocenters. The molecule has 0 aromatic heterocycles. The molecule has 2 aliphatic heterocycles. The van der Waals surface area contributed by atoms with Crippen LogP contribution in [0.25, 0.3) is 0 Å². The minimum absolute atomic E-state index is 0.0315. The number of carbonyl (C=O) groups is 2. The van der Waals surface area contributed by atoms with Gasteiger partial charge in [-0.3, -0.25) is 9.59 Å². The molecule has 21 heavy (non-hydrogen) atoms. The Morgan fingerprint density at radius 3 is 2.90 bits per heavy atom. The Balaban J connectivity index is 1.60. The van der Waals surface area contributed by atoms with E-state index < -0.39 is 0 Å². The minimum atomic E-state index is 0.0315. The van der Waals surface area contributed by atoms with E-state index in [1.807, 2.05) is 18.2 Å². The number of hydrogen-bond acceptors (Lipinski definition) is 3. The number of nitrogens with one attached hydrogen (secondary N) is 2. The number of carbonyl (C=O) groups excluding carboxylic acids is 2. The molecule has 1 saturated heterocycles. The Morgan fingerprint density at radius 2 is 2.10 bits per heavy atom. The van der Waals surface area contributed by atoms with Crippen LogP contribution in [-0.2, 0) is 20.7 Å². The first-order valence-electron chi connectivity index (χ1n) is 7.51. The summed E-state index contributed by atoms with van der Waals surface area (Å²) < 4.78 is 5.30. The number of ether oxygens (including phenoxy) is 1. The van der Waals surface area contributed by atoms with Gasteiger partial charge >= 0.3 is 0 Å². The van der Waals surface area contributed by atoms with Crippen molar-refractivity contribution >= 4 is 23.2 Å². The highest BCUT2D eigenvalue weighted by atomic mass is 16.5. The van der Waals surface area contributed by atoms with Crippen LogP contribution in [0.4, 0.5) is 11.4 Å². The van der Waals surface area contributed by atoms with Crippen molar-refractivity contribution in [1.29, 1.82) is 0 Å². The van der Waals surface area contributed by atoms with Crippen LogP contribution in [0.5, 0.6) is 0 Å². The van der Waals surface area contributed by atoms with E-state index in [1.54, 1.807) is 0 Å². The van der Waals surface area contributed by atoms with Crippen molar-refractivity contribution < 1.29 is 14.3 Å². The van der Waals surface area contributed by atoms with Crippen molar-refractivity contribution in [3.05, 3.63) is 23.8 Å². The van der Waals surface area contributed by atoms with Crippen molar-refractivity contribution in [2.75, 3.05) is 23.8 Å². The molecule has 112 valence electrons. The van der Waals surface area contributed by atoms with Crippen LogP contribution in [0.1, 0.15) is 31.2 Å². The Bertz CT molecular complexity index is 550. The van der Waals surface area contributed by atoms with Crippen molar-refractivity contribution in [3.8, 4) is 0 Å². The third-order valence-corrected chi connectivity index (χ3v) is 4.10. The molecule has 2 amide bonds. The van der Waals surface area contributed by atoms with Gasteiger partial charge in [-0.1, -0.05) is 6.07 Å². The molecule has 3 rings (SSSR count). The molecule has 0 radical (unpaired) electrons. The van der Waals surface area contributed by atoms with E-state index in [0.717, 1.165) is 49.4 Å². The van der Waals surface area contributed by atoms with Crippen LogP contribution < -0.4 is 10.6 Å². The lowest BCUT2D eigenvalue weighted by Gasteiger charge is -2.22. The summed E-state index contributed by atoms with van der Waals surface area (Å²) in [6.45, 7) is 1.51. The number of fused-ring (bicyclic) bond motifs is 1. The van der Waals surface area contributed by atoms with Gasteiger partial charge in [-0.25, -0.2) is 0 Å². The summed E-state index contributed by atoms with van der Waals surface area (Å²) in [4.78, 5) is 23.5. The fourth-order valence-electron chi connectivity index (χ4n) is 2.87.